The van der Waals surface area contributed by atoms with Crippen LogP contribution in [0.2, 0.25) is 5.02 Å². The van der Waals surface area contributed by atoms with Crippen molar-refractivity contribution in [2.24, 2.45) is 0 Å². The van der Waals surface area contributed by atoms with Gasteiger partial charge in [-0.2, -0.15) is 4.98 Å². The molecule has 7 heteroatoms. The first-order valence-electron chi connectivity index (χ1n) is 10.0. The highest BCUT2D eigenvalue weighted by Crippen LogP contribution is 2.34. The Morgan fingerprint density at radius 2 is 1.87 bits per heavy atom. The molecule has 31 heavy (non-hydrogen) atoms. The number of halogens is 1. The summed E-state index contributed by atoms with van der Waals surface area (Å²) >= 11 is 6.50. The van der Waals surface area contributed by atoms with Crippen LogP contribution in [0, 0.1) is 0 Å². The number of benzene rings is 2. The van der Waals surface area contributed by atoms with E-state index < -0.39 is 6.10 Å². The van der Waals surface area contributed by atoms with Gasteiger partial charge in [0.15, 0.2) is 0 Å². The molecule has 0 bridgehead atoms. The maximum absolute atomic E-state index is 6.50. The second-order valence-electron chi connectivity index (χ2n) is 7.35. The first-order chi connectivity index (χ1) is 15.1. The molecule has 0 saturated heterocycles. The Hall–Kier alpha value is -3.38. The first kappa shape index (κ1) is 20.9. The highest BCUT2D eigenvalue weighted by Gasteiger charge is 2.26. The molecule has 2 aromatic heterocycles. The molecular weight excluding hydrogens is 412 g/mol. The summed E-state index contributed by atoms with van der Waals surface area (Å²) in [4.78, 5) is 8.93. The number of nitrogens with zero attached hydrogens (tertiary/aromatic N) is 3. The van der Waals surface area contributed by atoms with Crippen molar-refractivity contribution in [1.82, 2.24) is 15.1 Å². The van der Waals surface area contributed by atoms with E-state index in [0.29, 0.717) is 34.2 Å². The maximum Gasteiger partial charge on any atom is 0.272 e. The molecule has 1 atom stereocenters. The van der Waals surface area contributed by atoms with Crippen molar-refractivity contribution < 1.29 is 9.26 Å². The molecule has 0 aliphatic carbocycles. The SMILES string of the molecule is CNc1ncccc1-c1noc(C(Oc2cccc(C(C)C)c2)c2ccccc2Cl)n1. The topological polar surface area (TPSA) is 73.1 Å². The Morgan fingerprint density at radius 1 is 1.03 bits per heavy atom. The summed E-state index contributed by atoms with van der Waals surface area (Å²) in [6.45, 7) is 4.28. The fourth-order valence-electron chi connectivity index (χ4n) is 3.25. The number of ether oxygens (including phenoxy) is 1. The van der Waals surface area contributed by atoms with E-state index in [1.807, 2.05) is 54.6 Å². The molecule has 0 aliphatic rings. The third-order valence-corrected chi connectivity index (χ3v) is 5.26. The van der Waals surface area contributed by atoms with Crippen molar-refractivity contribution in [3.63, 3.8) is 0 Å². The Bertz CT molecular complexity index is 1180. The molecular formula is C24H23ClN4O2. The van der Waals surface area contributed by atoms with Crippen LogP contribution in [0.25, 0.3) is 11.4 Å². The van der Waals surface area contributed by atoms with Crippen LogP contribution in [0.5, 0.6) is 5.75 Å². The number of pyridine rings is 1. The van der Waals surface area contributed by atoms with Crippen LogP contribution in [0.15, 0.2) is 71.4 Å². The standard InChI is InChI=1S/C24H23ClN4O2/c1-15(2)16-8-6-9-17(14-16)30-21(18-10-4-5-12-20(18)25)24-28-23(29-31-24)19-11-7-13-27-22(19)26-3/h4-15,21H,1-3H3,(H,26,27). The summed E-state index contributed by atoms with van der Waals surface area (Å²) in [6.07, 6.45) is 1.04. The predicted molar refractivity (Wildman–Crippen MR) is 122 cm³/mol. The average molecular weight is 435 g/mol. The molecule has 0 aliphatic heterocycles. The molecule has 0 spiro atoms. The number of hydrogen-bond donors (Lipinski definition) is 1. The second-order valence-corrected chi connectivity index (χ2v) is 7.76. The third-order valence-electron chi connectivity index (χ3n) is 4.92. The Balaban J connectivity index is 1.75. The van der Waals surface area contributed by atoms with Gasteiger partial charge in [-0.15, -0.1) is 0 Å². The molecule has 2 aromatic carbocycles. The third kappa shape index (κ3) is 4.54. The van der Waals surface area contributed by atoms with E-state index in [-0.39, 0.29) is 0 Å². The molecule has 0 amide bonds. The summed E-state index contributed by atoms with van der Waals surface area (Å²) < 4.78 is 12.0. The van der Waals surface area contributed by atoms with Crippen molar-refractivity contribution >= 4 is 17.4 Å². The molecule has 0 fully saturated rings. The Labute approximate surface area is 186 Å². The second kappa shape index (κ2) is 9.18. The van der Waals surface area contributed by atoms with Crippen LogP contribution in [-0.4, -0.2) is 22.2 Å². The van der Waals surface area contributed by atoms with Gasteiger partial charge >= 0.3 is 0 Å². The minimum absolute atomic E-state index is 0.309. The first-order valence-corrected chi connectivity index (χ1v) is 10.4. The van der Waals surface area contributed by atoms with E-state index in [4.69, 9.17) is 20.9 Å². The van der Waals surface area contributed by atoms with E-state index in [0.717, 1.165) is 11.1 Å². The van der Waals surface area contributed by atoms with E-state index in [9.17, 15) is 0 Å². The Kier molecular flexibility index (Phi) is 6.18. The highest BCUT2D eigenvalue weighted by atomic mass is 35.5. The van der Waals surface area contributed by atoms with Gasteiger partial charge < -0.3 is 14.6 Å². The molecule has 1 N–H and O–H groups in total. The molecule has 0 radical (unpaired) electrons. The zero-order valence-electron chi connectivity index (χ0n) is 17.5. The number of aromatic nitrogens is 3. The summed E-state index contributed by atoms with van der Waals surface area (Å²) in [7, 11) is 1.80. The molecule has 4 aromatic rings. The van der Waals surface area contributed by atoms with Gasteiger partial charge in [0, 0.05) is 23.8 Å². The lowest BCUT2D eigenvalue weighted by Crippen LogP contribution is -2.11. The largest absolute Gasteiger partial charge is 0.476 e. The van der Waals surface area contributed by atoms with Crippen LogP contribution < -0.4 is 10.1 Å². The van der Waals surface area contributed by atoms with Crippen LogP contribution in [-0.2, 0) is 0 Å². The molecule has 158 valence electrons. The molecule has 4 rings (SSSR count). The van der Waals surface area contributed by atoms with Crippen LogP contribution in [0.4, 0.5) is 5.82 Å². The van der Waals surface area contributed by atoms with Crippen molar-refractivity contribution in [3.05, 3.63) is 88.9 Å². The monoisotopic (exact) mass is 434 g/mol. The zero-order chi connectivity index (χ0) is 21.8. The summed E-state index contributed by atoms with van der Waals surface area (Å²) in [5.41, 5.74) is 2.66. The minimum atomic E-state index is -0.660. The Morgan fingerprint density at radius 3 is 2.65 bits per heavy atom. The van der Waals surface area contributed by atoms with Gasteiger partial charge in [-0.05, 0) is 41.8 Å². The number of anilines is 1. The lowest BCUT2D eigenvalue weighted by molar-refractivity contribution is 0.193. The van der Waals surface area contributed by atoms with Gasteiger partial charge in [0.05, 0.1) is 5.56 Å². The molecule has 6 nitrogen and oxygen atoms in total. The number of hydrogen-bond acceptors (Lipinski definition) is 6. The fraction of sp³-hybridized carbons (Fsp3) is 0.208. The van der Waals surface area contributed by atoms with Gasteiger partial charge in [0.25, 0.3) is 5.89 Å². The van der Waals surface area contributed by atoms with Crippen LogP contribution in [0.3, 0.4) is 0 Å². The van der Waals surface area contributed by atoms with E-state index in [2.05, 4.69) is 40.4 Å². The van der Waals surface area contributed by atoms with E-state index in [1.54, 1.807) is 13.2 Å². The minimum Gasteiger partial charge on any atom is -0.476 e. The predicted octanol–water partition coefficient (Wildman–Crippen LogP) is 6.12. The summed E-state index contributed by atoms with van der Waals surface area (Å²) in [6, 6.07) is 19.2. The lowest BCUT2D eigenvalue weighted by Gasteiger charge is -2.18. The molecule has 1 unspecified atom stereocenters. The van der Waals surface area contributed by atoms with E-state index >= 15 is 0 Å². The summed E-state index contributed by atoms with van der Waals surface area (Å²) in [5.74, 6) is 2.47. The van der Waals surface area contributed by atoms with Gasteiger partial charge in [0.2, 0.25) is 11.9 Å². The quantitative estimate of drug-likeness (QED) is 0.377. The van der Waals surface area contributed by atoms with Crippen LogP contribution in [0.1, 0.15) is 42.9 Å². The zero-order valence-corrected chi connectivity index (χ0v) is 18.3. The fourth-order valence-corrected chi connectivity index (χ4v) is 3.49. The van der Waals surface area contributed by atoms with E-state index in [1.165, 1.54) is 5.56 Å². The van der Waals surface area contributed by atoms with Crippen molar-refractivity contribution in [2.45, 2.75) is 25.9 Å². The van der Waals surface area contributed by atoms with Crippen molar-refractivity contribution in [1.29, 1.82) is 0 Å². The average Bonchev–Trinajstić information content (AvgIpc) is 3.28. The van der Waals surface area contributed by atoms with Gasteiger partial charge in [0.1, 0.15) is 11.6 Å². The molecule has 0 saturated carbocycles. The smallest absolute Gasteiger partial charge is 0.272 e. The van der Waals surface area contributed by atoms with Gasteiger partial charge in [-0.25, -0.2) is 4.98 Å². The highest BCUT2D eigenvalue weighted by molar-refractivity contribution is 6.31. The maximum atomic E-state index is 6.50. The normalized spacial score (nSPS) is 12.0. The van der Waals surface area contributed by atoms with Gasteiger partial charge in [-0.3, -0.25) is 0 Å². The number of rotatable bonds is 7. The summed E-state index contributed by atoms with van der Waals surface area (Å²) in [5, 5.41) is 7.77. The van der Waals surface area contributed by atoms with Crippen molar-refractivity contribution in [3.8, 4) is 17.1 Å². The molecule has 2 heterocycles. The van der Waals surface area contributed by atoms with Crippen LogP contribution >= 0.6 is 11.6 Å². The van der Waals surface area contributed by atoms with Crippen molar-refractivity contribution in [2.75, 3.05) is 12.4 Å². The lowest BCUT2D eigenvalue weighted by atomic mass is 10.0. The van der Waals surface area contributed by atoms with Gasteiger partial charge in [-0.1, -0.05) is 60.9 Å². The number of nitrogens with one attached hydrogen (secondary N) is 1.